The van der Waals surface area contributed by atoms with E-state index in [0.29, 0.717) is 0 Å². The summed E-state index contributed by atoms with van der Waals surface area (Å²) in [7, 11) is 0. The zero-order valence-corrected chi connectivity index (χ0v) is 15.5. The minimum atomic E-state index is -0.174. The van der Waals surface area contributed by atoms with Crippen LogP contribution in [0.5, 0.6) is 11.5 Å². The van der Waals surface area contributed by atoms with Gasteiger partial charge in [0.2, 0.25) is 0 Å². The van der Waals surface area contributed by atoms with E-state index in [4.69, 9.17) is 9.47 Å². The molecule has 0 aliphatic heterocycles. The van der Waals surface area contributed by atoms with Gasteiger partial charge in [0.25, 0.3) is 0 Å². The molecule has 2 nitrogen and oxygen atoms in total. The monoisotopic (exact) mass is 326 g/mol. The van der Waals surface area contributed by atoms with Crippen molar-refractivity contribution in [3.63, 3.8) is 0 Å². The van der Waals surface area contributed by atoms with Crippen LogP contribution in [0.1, 0.15) is 53.4 Å². The summed E-state index contributed by atoms with van der Waals surface area (Å²) in [4.78, 5) is 0. The zero-order valence-electron chi connectivity index (χ0n) is 15.5. The first-order valence-corrected chi connectivity index (χ1v) is 9.00. The number of benzene rings is 2. The third-order valence-electron chi connectivity index (χ3n) is 3.71. The predicted octanol–water partition coefficient (Wildman–Crippen LogP) is 6.49. The molecule has 0 aliphatic carbocycles. The Kier molecular flexibility index (Phi) is 6.72. The van der Waals surface area contributed by atoms with Crippen molar-refractivity contribution < 1.29 is 9.47 Å². The molecule has 0 bridgehead atoms. The van der Waals surface area contributed by atoms with Gasteiger partial charge in [-0.15, -0.1) is 0 Å². The molecule has 130 valence electrons. The standard InChI is InChI=1S/C22H30O2/c1-5-6-7-8-16-23-21-11-9-10-19(17-21)18-12-14-20(15-13-18)24-22(2,3)4/h9-15,17H,5-8,16H2,1-4H3. The smallest absolute Gasteiger partial charge is 0.120 e. The minimum absolute atomic E-state index is 0.174. The maximum atomic E-state index is 5.88. The second-order valence-corrected chi connectivity index (χ2v) is 7.18. The van der Waals surface area contributed by atoms with Crippen LogP contribution in [0.25, 0.3) is 11.1 Å². The molecule has 0 amide bonds. The Bertz CT molecular complexity index is 609. The molecule has 0 fully saturated rings. The third-order valence-corrected chi connectivity index (χ3v) is 3.71. The van der Waals surface area contributed by atoms with Crippen molar-refractivity contribution >= 4 is 0 Å². The summed E-state index contributed by atoms with van der Waals surface area (Å²) < 4.78 is 11.8. The van der Waals surface area contributed by atoms with Gasteiger partial charge in [-0.05, 0) is 62.6 Å². The molecule has 0 aromatic heterocycles. The average Bonchev–Trinajstić information content (AvgIpc) is 2.54. The lowest BCUT2D eigenvalue weighted by Crippen LogP contribution is -2.22. The van der Waals surface area contributed by atoms with Crippen molar-refractivity contribution in [2.24, 2.45) is 0 Å². The Morgan fingerprint density at radius 1 is 0.792 bits per heavy atom. The highest BCUT2D eigenvalue weighted by Crippen LogP contribution is 2.27. The Balaban J connectivity index is 1.97. The predicted molar refractivity (Wildman–Crippen MR) is 102 cm³/mol. The SMILES string of the molecule is CCCCCCOc1cccc(-c2ccc(OC(C)(C)C)cc2)c1. The molecule has 2 heteroatoms. The highest BCUT2D eigenvalue weighted by Gasteiger charge is 2.11. The number of unbranched alkanes of at least 4 members (excludes halogenated alkanes) is 3. The summed E-state index contributed by atoms with van der Waals surface area (Å²) in [6.07, 6.45) is 4.90. The lowest BCUT2D eigenvalue weighted by molar-refractivity contribution is 0.131. The average molecular weight is 326 g/mol. The summed E-state index contributed by atoms with van der Waals surface area (Å²) in [5.41, 5.74) is 2.17. The van der Waals surface area contributed by atoms with Crippen molar-refractivity contribution in [1.29, 1.82) is 0 Å². The van der Waals surface area contributed by atoms with Gasteiger partial charge in [-0.1, -0.05) is 50.5 Å². The van der Waals surface area contributed by atoms with Crippen LogP contribution in [0.15, 0.2) is 48.5 Å². The van der Waals surface area contributed by atoms with Crippen molar-refractivity contribution in [3.05, 3.63) is 48.5 Å². The number of hydrogen-bond acceptors (Lipinski definition) is 2. The highest BCUT2D eigenvalue weighted by atomic mass is 16.5. The van der Waals surface area contributed by atoms with E-state index < -0.39 is 0 Å². The molecule has 0 saturated heterocycles. The summed E-state index contributed by atoms with van der Waals surface area (Å²) in [5.74, 6) is 1.84. The van der Waals surface area contributed by atoms with Crippen LogP contribution in [0.2, 0.25) is 0 Å². The number of ether oxygens (including phenoxy) is 2. The van der Waals surface area contributed by atoms with Crippen LogP contribution < -0.4 is 9.47 Å². The Hall–Kier alpha value is -1.96. The van der Waals surface area contributed by atoms with E-state index in [2.05, 4.69) is 58.0 Å². The van der Waals surface area contributed by atoms with E-state index >= 15 is 0 Å². The molecular formula is C22H30O2. The van der Waals surface area contributed by atoms with E-state index in [1.807, 2.05) is 18.2 Å². The van der Waals surface area contributed by atoms with Crippen LogP contribution in [0.4, 0.5) is 0 Å². The lowest BCUT2D eigenvalue weighted by atomic mass is 10.1. The van der Waals surface area contributed by atoms with Crippen LogP contribution in [-0.4, -0.2) is 12.2 Å². The fourth-order valence-corrected chi connectivity index (χ4v) is 2.55. The Labute approximate surface area is 146 Å². The molecule has 2 rings (SSSR count). The molecule has 0 spiro atoms. The first-order valence-electron chi connectivity index (χ1n) is 9.00. The van der Waals surface area contributed by atoms with Gasteiger partial charge in [0, 0.05) is 0 Å². The first kappa shape index (κ1) is 18.4. The second-order valence-electron chi connectivity index (χ2n) is 7.18. The largest absolute Gasteiger partial charge is 0.494 e. The molecule has 24 heavy (non-hydrogen) atoms. The summed E-state index contributed by atoms with van der Waals surface area (Å²) in [5, 5.41) is 0. The van der Waals surface area contributed by atoms with Crippen molar-refractivity contribution in [2.45, 2.75) is 59.0 Å². The second kappa shape index (κ2) is 8.77. The molecule has 0 saturated carbocycles. The molecule has 2 aromatic carbocycles. The van der Waals surface area contributed by atoms with Crippen molar-refractivity contribution in [2.75, 3.05) is 6.61 Å². The van der Waals surface area contributed by atoms with Gasteiger partial charge >= 0.3 is 0 Å². The molecule has 0 radical (unpaired) electrons. The van der Waals surface area contributed by atoms with Gasteiger partial charge in [-0.3, -0.25) is 0 Å². The van der Waals surface area contributed by atoms with E-state index in [0.717, 1.165) is 24.5 Å². The van der Waals surface area contributed by atoms with E-state index in [-0.39, 0.29) is 5.60 Å². The summed E-state index contributed by atoms with van der Waals surface area (Å²) >= 11 is 0. The van der Waals surface area contributed by atoms with Gasteiger partial charge in [-0.25, -0.2) is 0 Å². The minimum Gasteiger partial charge on any atom is -0.494 e. The van der Waals surface area contributed by atoms with Gasteiger partial charge in [0.1, 0.15) is 17.1 Å². The maximum absolute atomic E-state index is 5.88. The van der Waals surface area contributed by atoms with Crippen LogP contribution in [-0.2, 0) is 0 Å². The molecule has 0 atom stereocenters. The Morgan fingerprint density at radius 3 is 2.21 bits per heavy atom. The fourth-order valence-electron chi connectivity index (χ4n) is 2.55. The van der Waals surface area contributed by atoms with Crippen LogP contribution in [0.3, 0.4) is 0 Å². The van der Waals surface area contributed by atoms with Crippen LogP contribution in [0, 0.1) is 0 Å². The number of hydrogen-bond donors (Lipinski definition) is 0. The molecular weight excluding hydrogens is 296 g/mol. The molecule has 0 unspecified atom stereocenters. The summed E-state index contributed by atoms with van der Waals surface area (Å²) in [6.45, 7) is 9.19. The van der Waals surface area contributed by atoms with E-state index in [1.54, 1.807) is 0 Å². The fraction of sp³-hybridized carbons (Fsp3) is 0.455. The van der Waals surface area contributed by atoms with Gasteiger partial charge in [0.05, 0.1) is 6.61 Å². The topological polar surface area (TPSA) is 18.5 Å². The van der Waals surface area contributed by atoms with Gasteiger partial charge in [0.15, 0.2) is 0 Å². The molecule has 2 aromatic rings. The van der Waals surface area contributed by atoms with E-state index in [9.17, 15) is 0 Å². The molecule has 0 N–H and O–H groups in total. The number of rotatable bonds is 8. The highest BCUT2D eigenvalue weighted by molar-refractivity contribution is 5.65. The normalized spacial score (nSPS) is 11.3. The van der Waals surface area contributed by atoms with Crippen molar-refractivity contribution in [3.8, 4) is 22.6 Å². The van der Waals surface area contributed by atoms with Gasteiger partial charge < -0.3 is 9.47 Å². The van der Waals surface area contributed by atoms with Crippen LogP contribution >= 0.6 is 0 Å². The zero-order chi connectivity index (χ0) is 17.4. The molecule has 0 heterocycles. The quantitative estimate of drug-likeness (QED) is 0.516. The summed E-state index contributed by atoms with van der Waals surface area (Å²) in [6, 6.07) is 16.6. The van der Waals surface area contributed by atoms with Crippen molar-refractivity contribution in [1.82, 2.24) is 0 Å². The molecule has 0 aliphatic rings. The van der Waals surface area contributed by atoms with Gasteiger partial charge in [-0.2, -0.15) is 0 Å². The van der Waals surface area contributed by atoms with E-state index in [1.165, 1.54) is 30.4 Å². The lowest BCUT2D eigenvalue weighted by Gasteiger charge is -2.21. The third kappa shape index (κ3) is 6.27. The first-order chi connectivity index (χ1) is 11.5. The maximum Gasteiger partial charge on any atom is 0.120 e. The Morgan fingerprint density at radius 2 is 1.54 bits per heavy atom.